The van der Waals surface area contributed by atoms with Crippen LogP contribution in [0.3, 0.4) is 0 Å². The number of aliphatic imine (C=N–C) groups is 1. The van der Waals surface area contributed by atoms with Crippen molar-refractivity contribution < 1.29 is 62.0 Å². The number of hydrogen-bond acceptors (Lipinski definition) is 3. The van der Waals surface area contributed by atoms with E-state index >= 15 is 0 Å². The minimum Gasteiger partial charge on any atom is -0.372 e. The first-order valence-corrected chi connectivity index (χ1v) is 23.0. The zero-order valence-electron chi connectivity index (χ0n) is 41.9. The first-order chi connectivity index (χ1) is 32.7. The highest BCUT2D eigenvalue weighted by Gasteiger charge is 2.64. The van der Waals surface area contributed by atoms with Gasteiger partial charge < -0.3 is 13.8 Å². The second-order valence-corrected chi connectivity index (χ2v) is 22.1. The molecule has 72 heavy (non-hydrogen) atoms. The molecule has 4 aromatic carbocycles. The smallest absolute Gasteiger partial charge is 0.372 e. The van der Waals surface area contributed by atoms with Gasteiger partial charge in [0.25, 0.3) is 0 Å². The molecule has 1 aliphatic rings. The van der Waals surface area contributed by atoms with Gasteiger partial charge in [-0.3, -0.25) is 0 Å². The Morgan fingerprint density at radius 2 is 0.764 bits per heavy atom. The fraction of sp³-hybridized carbons (Fsp3) is 0.400. The molecule has 6 rings (SSSR count). The van der Waals surface area contributed by atoms with E-state index in [-0.39, 0.29) is 33.2 Å². The van der Waals surface area contributed by atoms with Crippen LogP contribution in [0, 0.1) is 0 Å². The van der Waals surface area contributed by atoms with Crippen molar-refractivity contribution in [1.82, 2.24) is 4.48 Å². The van der Waals surface area contributed by atoms with Crippen molar-refractivity contribution in [3.05, 3.63) is 154 Å². The Morgan fingerprint density at radius 3 is 1.10 bits per heavy atom. The maximum atomic E-state index is 14.6. The van der Waals surface area contributed by atoms with E-state index in [4.69, 9.17) is 4.99 Å². The Labute approximate surface area is 413 Å². The van der Waals surface area contributed by atoms with Crippen LogP contribution in [0.15, 0.2) is 120 Å². The Balaban J connectivity index is 1.79. The number of rotatable bonds is 10. The monoisotopic (exact) mass is 1020 g/mol. The lowest BCUT2D eigenvalue weighted by atomic mass is 9.85. The molecule has 0 saturated carbocycles. The van der Waals surface area contributed by atoms with E-state index in [2.05, 4.69) is 9.31 Å². The summed E-state index contributed by atoms with van der Waals surface area (Å²) in [6.45, 7) is 23.3. The molecule has 1 aromatic heterocycles. The molecule has 1 aliphatic heterocycles. The number of nitrogens with zero attached hydrogens (tertiary/aromatic N) is 2. The van der Waals surface area contributed by atoms with E-state index in [1.165, 1.54) is 24.3 Å². The molecule has 5 aromatic rings. The Bertz CT molecular complexity index is 2740. The molecule has 0 radical (unpaired) electrons. The highest BCUT2D eigenvalue weighted by atomic mass is 19.4. The molecular formula is C55H57BF12N2O2. The summed E-state index contributed by atoms with van der Waals surface area (Å²) in [6, 6.07) is 28.4. The van der Waals surface area contributed by atoms with Gasteiger partial charge in [-0.15, -0.1) is 0 Å². The van der Waals surface area contributed by atoms with Gasteiger partial charge in [-0.2, -0.15) is 52.7 Å². The lowest BCUT2D eigenvalue weighted by Crippen LogP contribution is -2.55. The molecule has 17 heteroatoms. The van der Waals surface area contributed by atoms with Crippen LogP contribution in [-0.2, 0) is 31.0 Å². The summed E-state index contributed by atoms with van der Waals surface area (Å²) < 4.78 is 184. The Kier molecular flexibility index (Phi) is 15.0. The summed E-state index contributed by atoms with van der Waals surface area (Å²) >= 11 is 0. The van der Waals surface area contributed by atoms with Crippen LogP contribution in [0.4, 0.5) is 52.7 Å². The molecule has 0 amide bonds. The van der Waals surface area contributed by atoms with Crippen molar-refractivity contribution in [2.45, 2.75) is 142 Å². The Morgan fingerprint density at radius 1 is 0.444 bits per heavy atom. The zero-order chi connectivity index (χ0) is 53.9. The van der Waals surface area contributed by atoms with Crippen molar-refractivity contribution in [3.8, 4) is 22.4 Å². The molecular weight excluding hydrogens is 959 g/mol. The molecule has 386 valence electrons. The fourth-order valence-corrected chi connectivity index (χ4v) is 8.07. The minimum absolute atomic E-state index is 0.0000781. The molecule has 0 atom stereocenters. The summed E-state index contributed by atoms with van der Waals surface area (Å²) in [5, 5.41) is 0. The van der Waals surface area contributed by atoms with Crippen molar-refractivity contribution in [2.75, 3.05) is 0 Å². The lowest BCUT2D eigenvalue weighted by molar-refractivity contribution is -0.318. The van der Waals surface area contributed by atoms with E-state index in [9.17, 15) is 52.7 Å². The van der Waals surface area contributed by atoms with E-state index in [0.717, 1.165) is 16.7 Å². The molecule has 0 spiro atoms. The van der Waals surface area contributed by atoms with E-state index in [1.807, 2.05) is 119 Å². The third kappa shape index (κ3) is 12.8. The third-order valence-corrected chi connectivity index (χ3v) is 12.3. The first kappa shape index (κ1) is 55.8. The Hall–Kier alpha value is -5.55. The van der Waals surface area contributed by atoms with E-state index in [1.54, 1.807) is 54.6 Å². The second-order valence-electron chi connectivity index (χ2n) is 22.1. The average Bonchev–Trinajstić information content (AvgIpc) is 3.83. The van der Waals surface area contributed by atoms with Gasteiger partial charge in [0.15, 0.2) is 0 Å². The topological polar surface area (TPSA) is 35.8 Å². The quantitative estimate of drug-likeness (QED) is 0.103. The van der Waals surface area contributed by atoms with E-state index < -0.39 is 66.4 Å². The van der Waals surface area contributed by atoms with Crippen LogP contribution in [0.1, 0.15) is 122 Å². The summed E-state index contributed by atoms with van der Waals surface area (Å²) in [5.41, 5.74) is 2.91. The van der Waals surface area contributed by atoms with Gasteiger partial charge in [0.2, 0.25) is 12.2 Å². The second kappa shape index (κ2) is 19.4. The zero-order valence-corrected chi connectivity index (χ0v) is 41.9. The lowest BCUT2D eigenvalue weighted by Gasteiger charge is -2.31. The molecule has 0 N–H and O–H groups in total. The van der Waals surface area contributed by atoms with Crippen LogP contribution >= 0.6 is 0 Å². The van der Waals surface area contributed by atoms with Gasteiger partial charge in [-0.1, -0.05) is 180 Å². The molecule has 0 fully saturated rings. The maximum Gasteiger partial charge on any atom is 0.599 e. The number of alkyl halides is 12. The molecule has 4 nitrogen and oxygen atoms in total. The van der Waals surface area contributed by atoms with E-state index in [0.29, 0.717) is 32.5 Å². The van der Waals surface area contributed by atoms with Gasteiger partial charge in [0.1, 0.15) is 0 Å². The number of allylic oxidation sites excluding steroid dienone is 2. The summed E-state index contributed by atoms with van der Waals surface area (Å²) in [6.07, 6.45) is -32.6. The van der Waals surface area contributed by atoms with Crippen LogP contribution in [0.5, 0.6) is 0 Å². The molecule has 0 saturated heterocycles. The number of benzene rings is 4. The molecule has 0 unspecified atom stereocenters. The van der Waals surface area contributed by atoms with Crippen LogP contribution < -0.4 is 0 Å². The number of hydrogen-bond donors (Lipinski definition) is 0. The predicted octanol–water partition coefficient (Wildman–Crippen LogP) is 16.8. The molecule has 0 bridgehead atoms. The standard InChI is InChI=1S/C55H57BF12N2O2/c1-48(2,3)36-21-13-32(14-22-36)40-29-42(34-17-25-38(26-18-34)50(7,8)9)69-43(40)31-45-41(33-15-23-37(24-16-33)49(4,5)6)30-44(35-19-27-39(28-20-35)51(10,11)12)70(45)56(71-46(52(57,58)59)53(60,61)62)72-47(54(63,64)65)55(66,67)68/h13-31,46-47H,1-12H3/b43-31-. The van der Waals surface area contributed by atoms with Gasteiger partial charge in [-0.05, 0) is 78.8 Å². The minimum atomic E-state index is -6.42. The molecule has 2 heterocycles. The molecule has 0 aliphatic carbocycles. The van der Waals surface area contributed by atoms with Gasteiger partial charge in [-0.25, -0.2) is 4.99 Å². The average molecular weight is 1020 g/mol. The number of halogens is 12. The van der Waals surface area contributed by atoms with Gasteiger partial charge >= 0.3 is 32.0 Å². The summed E-state index contributed by atoms with van der Waals surface area (Å²) in [4.78, 5) is 4.93. The van der Waals surface area contributed by atoms with Crippen LogP contribution in [-0.4, -0.2) is 54.4 Å². The van der Waals surface area contributed by atoms with Crippen molar-refractivity contribution in [3.63, 3.8) is 0 Å². The van der Waals surface area contributed by atoms with Crippen molar-refractivity contribution >= 4 is 24.6 Å². The largest absolute Gasteiger partial charge is 0.599 e. The summed E-state index contributed by atoms with van der Waals surface area (Å²) in [7, 11) is -3.72. The highest BCUT2D eigenvalue weighted by molar-refractivity contribution is 6.44. The normalized spacial score (nSPS) is 15.2. The van der Waals surface area contributed by atoms with Gasteiger partial charge in [0.05, 0.1) is 11.4 Å². The van der Waals surface area contributed by atoms with Crippen molar-refractivity contribution in [1.29, 1.82) is 0 Å². The predicted molar refractivity (Wildman–Crippen MR) is 261 cm³/mol. The highest BCUT2D eigenvalue weighted by Crippen LogP contribution is 2.44. The van der Waals surface area contributed by atoms with Crippen LogP contribution in [0.2, 0.25) is 0 Å². The first-order valence-electron chi connectivity index (χ1n) is 23.0. The maximum absolute atomic E-state index is 14.6. The third-order valence-electron chi connectivity index (χ3n) is 12.3. The fourth-order valence-electron chi connectivity index (χ4n) is 8.07. The van der Waals surface area contributed by atoms with Gasteiger partial charge in [0, 0.05) is 28.1 Å². The number of aromatic nitrogens is 1. The summed E-state index contributed by atoms with van der Waals surface area (Å²) in [5.74, 6) is 0. The van der Waals surface area contributed by atoms with Crippen LogP contribution in [0.25, 0.3) is 34.0 Å². The SMILES string of the molecule is CC(C)(C)c1ccc(C2=CC(c3ccc(C(C)(C)C)cc3)=N/C2=C\c2c(-c3ccc(C(C)(C)C)cc3)cc(-c3ccc(C(C)(C)C)cc3)n2B(OC(C(F)(F)F)C(F)(F)F)OC(C(F)(F)F)C(F)(F)F)cc1. The van der Waals surface area contributed by atoms with Crippen molar-refractivity contribution in [2.24, 2.45) is 4.99 Å².